The first-order valence-corrected chi connectivity index (χ1v) is 10.8. The van der Waals surface area contributed by atoms with Gasteiger partial charge in [0.15, 0.2) is 5.69 Å². The smallest absolute Gasteiger partial charge is 0.274 e. The predicted octanol–water partition coefficient (Wildman–Crippen LogP) is 1.64. The highest BCUT2D eigenvalue weighted by Gasteiger charge is 2.28. The van der Waals surface area contributed by atoms with Gasteiger partial charge in [0.1, 0.15) is 0 Å². The van der Waals surface area contributed by atoms with Gasteiger partial charge in [0, 0.05) is 50.4 Å². The molecule has 0 aliphatic carbocycles. The van der Waals surface area contributed by atoms with Gasteiger partial charge < -0.3 is 14.8 Å². The van der Waals surface area contributed by atoms with Crippen LogP contribution in [-0.4, -0.2) is 63.1 Å². The number of likely N-dealkylation sites (tertiary alicyclic amines) is 1. The van der Waals surface area contributed by atoms with Gasteiger partial charge in [-0.25, -0.2) is 15.1 Å². The van der Waals surface area contributed by atoms with Gasteiger partial charge in [-0.3, -0.25) is 14.4 Å². The summed E-state index contributed by atoms with van der Waals surface area (Å²) in [6.07, 6.45) is 3.14. The van der Waals surface area contributed by atoms with Crippen LogP contribution in [0.1, 0.15) is 34.9 Å². The number of aromatic nitrogens is 5. The molecular formula is C23H23N7O3. The van der Waals surface area contributed by atoms with Gasteiger partial charge in [-0.2, -0.15) is 5.10 Å². The van der Waals surface area contributed by atoms with Crippen molar-refractivity contribution in [1.82, 2.24) is 30.0 Å². The van der Waals surface area contributed by atoms with Crippen LogP contribution in [-0.2, 0) is 0 Å². The lowest BCUT2D eigenvalue weighted by atomic mass is 9.93. The molecular weight excluding hydrogens is 422 g/mol. The van der Waals surface area contributed by atoms with Crippen molar-refractivity contribution < 1.29 is 4.79 Å². The largest absolute Gasteiger partial charge is 0.347 e. The van der Waals surface area contributed by atoms with Gasteiger partial charge in [0.2, 0.25) is 5.95 Å². The zero-order valence-corrected chi connectivity index (χ0v) is 18.3. The number of nitrogens with one attached hydrogen (secondary N) is 2. The summed E-state index contributed by atoms with van der Waals surface area (Å²) in [6, 6.07) is 8.81. The van der Waals surface area contributed by atoms with E-state index in [-0.39, 0.29) is 28.6 Å². The fraction of sp³-hybridized carbons (Fsp3) is 0.304. The van der Waals surface area contributed by atoms with Gasteiger partial charge in [-0.1, -0.05) is 18.2 Å². The zero-order valence-electron chi connectivity index (χ0n) is 18.3. The third kappa shape index (κ3) is 3.73. The van der Waals surface area contributed by atoms with Crippen molar-refractivity contribution >= 4 is 33.5 Å². The number of fused-ring (bicyclic) bond motifs is 2. The molecule has 1 fully saturated rings. The van der Waals surface area contributed by atoms with Gasteiger partial charge in [0.05, 0.1) is 16.3 Å². The molecule has 1 amide bonds. The van der Waals surface area contributed by atoms with Crippen molar-refractivity contribution in [2.75, 3.05) is 32.1 Å². The van der Waals surface area contributed by atoms with E-state index < -0.39 is 0 Å². The van der Waals surface area contributed by atoms with Gasteiger partial charge in [-0.15, -0.1) is 0 Å². The maximum atomic E-state index is 13.3. The average Bonchev–Trinajstić information content (AvgIpc) is 2.83. The molecule has 1 saturated heterocycles. The number of aromatic amines is 2. The second kappa shape index (κ2) is 8.12. The number of piperidine rings is 1. The molecule has 10 heteroatoms. The fourth-order valence-corrected chi connectivity index (χ4v) is 4.33. The summed E-state index contributed by atoms with van der Waals surface area (Å²) in [6.45, 7) is 1.01. The molecule has 33 heavy (non-hydrogen) atoms. The normalized spacial score (nSPS) is 16.3. The van der Waals surface area contributed by atoms with Gasteiger partial charge in [-0.05, 0) is 25.0 Å². The van der Waals surface area contributed by atoms with Crippen LogP contribution in [0.5, 0.6) is 0 Å². The number of benzene rings is 1. The predicted molar refractivity (Wildman–Crippen MR) is 125 cm³/mol. The van der Waals surface area contributed by atoms with Crippen LogP contribution in [0.15, 0.2) is 46.1 Å². The SMILES string of the molecule is CN(C)c1ncc2c(=O)[nH]c([C@H]3CCCN(C(=O)c4n[nH]c(=O)c5ccccc45)C3)cc2n1. The zero-order chi connectivity index (χ0) is 23.1. The number of hydrogen-bond donors (Lipinski definition) is 2. The Labute approximate surface area is 188 Å². The second-order valence-electron chi connectivity index (χ2n) is 8.45. The molecule has 0 bridgehead atoms. The fourth-order valence-electron chi connectivity index (χ4n) is 4.33. The van der Waals surface area contributed by atoms with Gasteiger partial charge in [0.25, 0.3) is 17.0 Å². The number of amides is 1. The highest BCUT2D eigenvalue weighted by atomic mass is 16.2. The molecule has 0 saturated carbocycles. The van der Waals surface area contributed by atoms with E-state index in [1.54, 1.807) is 34.1 Å². The Morgan fingerprint density at radius 3 is 2.70 bits per heavy atom. The van der Waals surface area contributed by atoms with Crippen LogP contribution >= 0.6 is 0 Å². The van der Waals surface area contributed by atoms with Crippen molar-refractivity contribution in [2.45, 2.75) is 18.8 Å². The Hall–Kier alpha value is -4.08. The first kappa shape index (κ1) is 20.8. The lowest BCUT2D eigenvalue weighted by Gasteiger charge is -2.32. The Bertz CT molecular complexity index is 1490. The molecule has 1 aliphatic heterocycles. The minimum atomic E-state index is -0.327. The second-order valence-corrected chi connectivity index (χ2v) is 8.45. The number of H-pyrrole nitrogens is 2. The molecule has 0 unspecified atom stereocenters. The van der Waals surface area contributed by atoms with E-state index >= 15 is 0 Å². The lowest BCUT2D eigenvalue weighted by Crippen LogP contribution is -2.40. The summed E-state index contributed by atoms with van der Waals surface area (Å²) < 4.78 is 0. The van der Waals surface area contributed by atoms with Gasteiger partial charge >= 0.3 is 0 Å². The standard InChI is InChI=1S/C23H23N7O3/c1-29(2)23-24-11-16-18(26-23)10-17(25-20(16)31)13-6-5-9-30(12-13)22(33)19-14-7-3-4-8-15(14)21(32)28-27-19/h3-4,7-8,10-11,13H,5-6,9,12H2,1-2H3,(H,25,31)(H,28,32)/t13-/m0/s1. The summed E-state index contributed by atoms with van der Waals surface area (Å²) in [4.78, 5) is 53.3. The minimum absolute atomic E-state index is 0.0494. The van der Waals surface area contributed by atoms with Crippen molar-refractivity contribution in [1.29, 1.82) is 0 Å². The summed E-state index contributed by atoms with van der Waals surface area (Å²) in [5, 5.41) is 7.87. The van der Waals surface area contributed by atoms with E-state index in [0.29, 0.717) is 40.7 Å². The van der Waals surface area contributed by atoms with E-state index in [1.807, 2.05) is 20.2 Å². The number of rotatable bonds is 3. The summed E-state index contributed by atoms with van der Waals surface area (Å²) >= 11 is 0. The highest BCUT2D eigenvalue weighted by Crippen LogP contribution is 2.28. The molecule has 1 aliphatic rings. The number of anilines is 1. The first-order chi connectivity index (χ1) is 15.9. The van der Waals surface area contributed by atoms with Crippen LogP contribution in [0.25, 0.3) is 21.7 Å². The van der Waals surface area contributed by atoms with Crippen LogP contribution in [0.4, 0.5) is 5.95 Å². The summed E-state index contributed by atoms with van der Waals surface area (Å²) in [7, 11) is 3.68. The molecule has 4 aromatic rings. The van der Waals surface area contributed by atoms with E-state index in [4.69, 9.17) is 0 Å². The first-order valence-electron chi connectivity index (χ1n) is 10.8. The topological polar surface area (TPSA) is 128 Å². The maximum absolute atomic E-state index is 13.3. The van der Waals surface area contributed by atoms with Crippen molar-refractivity contribution in [3.05, 3.63) is 68.6 Å². The van der Waals surface area contributed by atoms with E-state index in [1.165, 1.54) is 6.20 Å². The number of carbonyl (C=O) groups excluding carboxylic acids is 1. The molecule has 0 spiro atoms. The van der Waals surface area contributed by atoms with Crippen LogP contribution in [0, 0.1) is 0 Å². The Kier molecular flexibility index (Phi) is 5.12. The van der Waals surface area contributed by atoms with E-state index in [0.717, 1.165) is 18.5 Å². The number of nitrogens with zero attached hydrogens (tertiary/aromatic N) is 5. The molecule has 1 atom stereocenters. The summed E-state index contributed by atoms with van der Waals surface area (Å²) in [5.41, 5.74) is 0.967. The number of carbonyl (C=O) groups is 1. The lowest BCUT2D eigenvalue weighted by molar-refractivity contribution is 0.0701. The minimum Gasteiger partial charge on any atom is -0.347 e. The Morgan fingerprint density at radius 1 is 1.12 bits per heavy atom. The third-order valence-electron chi connectivity index (χ3n) is 6.05. The third-order valence-corrected chi connectivity index (χ3v) is 6.05. The molecule has 4 heterocycles. The number of pyridine rings is 1. The molecule has 5 rings (SSSR count). The van der Waals surface area contributed by atoms with Crippen LogP contribution in [0.3, 0.4) is 0 Å². The Balaban J connectivity index is 1.48. The van der Waals surface area contributed by atoms with E-state index in [2.05, 4.69) is 25.1 Å². The highest BCUT2D eigenvalue weighted by molar-refractivity contribution is 6.04. The van der Waals surface area contributed by atoms with E-state index in [9.17, 15) is 14.4 Å². The molecule has 3 aromatic heterocycles. The van der Waals surface area contributed by atoms with Crippen LogP contribution < -0.4 is 16.0 Å². The molecule has 2 N–H and O–H groups in total. The van der Waals surface area contributed by atoms with Crippen molar-refractivity contribution in [3.63, 3.8) is 0 Å². The van der Waals surface area contributed by atoms with Crippen LogP contribution in [0.2, 0.25) is 0 Å². The quantitative estimate of drug-likeness (QED) is 0.491. The monoisotopic (exact) mass is 445 g/mol. The van der Waals surface area contributed by atoms with Crippen molar-refractivity contribution in [2.24, 2.45) is 0 Å². The molecule has 10 nitrogen and oxygen atoms in total. The van der Waals surface area contributed by atoms with Crippen molar-refractivity contribution in [3.8, 4) is 0 Å². The maximum Gasteiger partial charge on any atom is 0.274 e. The molecule has 1 aromatic carbocycles. The summed E-state index contributed by atoms with van der Waals surface area (Å²) in [5.74, 6) is 0.231. The Morgan fingerprint density at radius 2 is 1.91 bits per heavy atom. The molecule has 0 radical (unpaired) electrons. The average molecular weight is 445 g/mol. The number of hydrogen-bond acceptors (Lipinski definition) is 7. The molecule has 168 valence electrons.